The number of carbonyl (C=O) groups is 1. The third-order valence-corrected chi connectivity index (χ3v) is 6.04. The zero-order chi connectivity index (χ0) is 20.5. The number of benzene rings is 1. The summed E-state index contributed by atoms with van der Waals surface area (Å²) in [7, 11) is 0. The van der Waals surface area contributed by atoms with E-state index in [1.165, 1.54) is 12.8 Å². The van der Waals surface area contributed by atoms with Crippen LogP contribution < -0.4 is 10.6 Å². The zero-order valence-corrected chi connectivity index (χ0v) is 21.0. The molecule has 2 fully saturated rings. The van der Waals surface area contributed by atoms with Crippen LogP contribution in [0, 0.1) is 5.92 Å². The number of aliphatic imine (C=N–C) groups is 1. The van der Waals surface area contributed by atoms with Crippen molar-refractivity contribution in [2.24, 2.45) is 10.9 Å². The molecule has 30 heavy (non-hydrogen) atoms. The van der Waals surface area contributed by atoms with E-state index in [1.807, 2.05) is 24.3 Å². The second-order valence-electron chi connectivity index (χ2n) is 7.90. The minimum absolute atomic E-state index is 0. The Kier molecular flexibility index (Phi) is 11.2. The molecule has 1 aromatic rings. The molecule has 0 radical (unpaired) electrons. The number of amides is 1. The summed E-state index contributed by atoms with van der Waals surface area (Å²) in [5, 5.41) is 7.46. The first kappa shape index (κ1) is 25.2. The van der Waals surface area contributed by atoms with Crippen molar-refractivity contribution in [2.45, 2.75) is 39.2 Å². The predicted octanol–water partition coefficient (Wildman–Crippen LogP) is 3.35. The Bertz CT molecular complexity index is 671. The molecule has 1 saturated heterocycles. The molecule has 168 valence electrons. The molecular weight excluding hydrogens is 513 g/mol. The van der Waals surface area contributed by atoms with E-state index in [0.29, 0.717) is 18.4 Å². The van der Waals surface area contributed by atoms with E-state index in [-0.39, 0.29) is 24.0 Å². The fourth-order valence-electron chi connectivity index (χ4n) is 4.06. The minimum Gasteiger partial charge on any atom is -0.357 e. The van der Waals surface area contributed by atoms with Gasteiger partial charge in [0.15, 0.2) is 5.96 Å². The van der Waals surface area contributed by atoms with Crippen LogP contribution in [0.15, 0.2) is 29.3 Å². The fraction of sp³-hybridized carbons (Fsp3) is 0.636. The molecule has 0 atom stereocenters. The lowest BCUT2D eigenvalue weighted by Crippen LogP contribution is -2.51. The summed E-state index contributed by atoms with van der Waals surface area (Å²) < 4.78 is 0. The molecule has 3 rings (SSSR count). The maximum atomic E-state index is 12.6. The van der Waals surface area contributed by atoms with Crippen molar-refractivity contribution in [3.63, 3.8) is 0 Å². The average Bonchev–Trinajstić information content (AvgIpc) is 3.28. The second-order valence-corrected chi connectivity index (χ2v) is 8.33. The maximum absolute atomic E-state index is 12.6. The first-order valence-corrected chi connectivity index (χ1v) is 11.3. The van der Waals surface area contributed by atoms with Crippen molar-refractivity contribution in [2.75, 3.05) is 45.8 Å². The highest BCUT2D eigenvalue weighted by Gasteiger charge is 2.29. The molecule has 6 nitrogen and oxygen atoms in total. The first-order chi connectivity index (χ1) is 14.2. The summed E-state index contributed by atoms with van der Waals surface area (Å²) in [6.45, 7) is 8.94. The number of hydrogen-bond donors (Lipinski definition) is 2. The van der Waals surface area contributed by atoms with Gasteiger partial charge in [0, 0.05) is 56.8 Å². The van der Waals surface area contributed by atoms with E-state index in [0.717, 1.165) is 75.2 Å². The summed E-state index contributed by atoms with van der Waals surface area (Å²) >= 11 is 5.94. The van der Waals surface area contributed by atoms with Crippen molar-refractivity contribution >= 4 is 47.4 Å². The van der Waals surface area contributed by atoms with Gasteiger partial charge in [-0.1, -0.05) is 36.6 Å². The molecule has 1 aliphatic heterocycles. The third-order valence-electron chi connectivity index (χ3n) is 5.79. The quantitative estimate of drug-likeness (QED) is 0.312. The number of nitrogens with one attached hydrogen (secondary N) is 2. The molecule has 2 N–H and O–H groups in total. The van der Waals surface area contributed by atoms with Gasteiger partial charge >= 0.3 is 0 Å². The molecule has 8 heteroatoms. The smallest absolute Gasteiger partial charge is 0.225 e. The Morgan fingerprint density at radius 1 is 1.10 bits per heavy atom. The van der Waals surface area contributed by atoms with Crippen LogP contribution in [0.25, 0.3) is 0 Å². The topological polar surface area (TPSA) is 60.0 Å². The third kappa shape index (κ3) is 7.89. The monoisotopic (exact) mass is 547 g/mol. The van der Waals surface area contributed by atoms with Crippen LogP contribution >= 0.6 is 35.6 Å². The summed E-state index contributed by atoms with van der Waals surface area (Å²) in [5.74, 6) is 1.52. The Hall–Kier alpha value is -1.06. The van der Waals surface area contributed by atoms with Crippen LogP contribution in [0.1, 0.15) is 38.2 Å². The van der Waals surface area contributed by atoms with Crippen LogP contribution in [0.2, 0.25) is 5.02 Å². The lowest BCUT2D eigenvalue weighted by molar-refractivity contribution is -0.137. The fourth-order valence-corrected chi connectivity index (χ4v) is 4.18. The number of hydrogen-bond acceptors (Lipinski definition) is 3. The minimum atomic E-state index is 0. The Labute approximate surface area is 202 Å². The SMILES string of the molecule is CCNC(=NCc1ccc(Cl)cc1)NCCN1CCN(C(=O)C2CCCC2)CC1.I. The molecule has 0 bridgehead atoms. The average molecular weight is 548 g/mol. The summed E-state index contributed by atoms with van der Waals surface area (Å²) in [4.78, 5) is 21.7. The number of nitrogens with zero attached hydrogens (tertiary/aromatic N) is 3. The molecule has 1 heterocycles. The zero-order valence-electron chi connectivity index (χ0n) is 17.9. The Balaban J connectivity index is 0.00000320. The molecule has 0 unspecified atom stereocenters. The van der Waals surface area contributed by atoms with E-state index in [9.17, 15) is 4.79 Å². The van der Waals surface area contributed by atoms with Gasteiger partial charge in [-0.05, 0) is 37.5 Å². The molecule has 1 saturated carbocycles. The highest BCUT2D eigenvalue weighted by Crippen LogP contribution is 2.26. The van der Waals surface area contributed by atoms with Crippen LogP contribution in [0.3, 0.4) is 0 Å². The van der Waals surface area contributed by atoms with Crippen molar-refractivity contribution in [3.8, 4) is 0 Å². The molecule has 0 aromatic heterocycles. The standard InChI is InChI=1S/C22H34ClN5O.HI/c1-2-24-22(26-17-18-7-9-20(23)10-8-18)25-11-12-27-13-15-28(16-14-27)21(29)19-5-3-4-6-19;/h7-10,19H,2-6,11-17H2,1H3,(H2,24,25,26);1H. The lowest BCUT2D eigenvalue weighted by atomic mass is 10.1. The summed E-state index contributed by atoms with van der Waals surface area (Å²) in [6.07, 6.45) is 4.61. The highest BCUT2D eigenvalue weighted by atomic mass is 127. The van der Waals surface area contributed by atoms with Gasteiger partial charge < -0.3 is 15.5 Å². The molecule has 2 aliphatic rings. The maximum Gasteiger partial charge on any atom is 0.225 e. The van der Waals surface area contributed by atoms with Crippen molar-refractivity contribution in [3.05, 3.63) is 34.9 Å². The second kappa shape index (κ2) is 13.4. The van der Waals surface area contributed by atoms with Crippen molar-refractivity contribution in [1.82, 2.24) is 20.4 Å². The van der Waals surface area contributed by atoms with Crippen molar-refractivity contribution < 1.29 is 4.79 Å². The Morgan fingerprint density at radius 2 is 1.77 bits per heavy atom. The van der Waals surface area contributed by atoms with Gasteiger partial charge in [-0.25, -0.2) is 4.99 Å². The van der Waals surface area contributed by atoms with Crippen LogP contribution in [0.4, 0.5) is 0 Å². The van der Waals surface area contributed by atoms with Gasteiger partial charge in [-0.2, -0.15) is 0 Å². The van der Waals surface area contributed by atoms with Crippen LogP contribution in [-0.2, 0) is 11.3 Å². The Morgan fingerprint density at radius 3 is 2.40 bits per heavy atom. The van der Waals surface area contributed by atoms with E-state index in [4.69, 9.17) is 11.6 Å². The number of guanidine groups is 1. The van der Waals surface area contributed by atoms with Gasteiger partial charge in [0.25, 0.3) is 0 Å². The normalized spacial score (nSPS) is 18.2. The number of piperazine rings is 1. The van der Waals surface area contributed by atoms with Crippen LogP contribution in [0.5, 0.6) is 0 Å². The molecule has 1 amide bonds. The number of carbonyl (C=O) groups excluding carboxylic acids is 1. The van der Waals surface area contributed by atoms with Crippen LogP contribution in [-0.4, -0.2) is 67.5 Å². The molecule has 1 aromatic carbocycles. The van der Waals surface area contributed by atoms with Crippen molar-refractivity contribution in [1.29, 1.82) is 0 Å². The largest absolute Gasteiger partial charge is 0.357 e. The number of halogens is 2. The van der Waals surface area contributed by atoms with Gasteiger partial charge in [0.1, 0.15) is 0 Å². The highest BCUT2D eigenvalue weighted by molar-refractivity contribution is 14.0. The van der Waals surface area contributed by atoms with E-state index < -0.39 is 0 Å². The first-order valence-electron chi connectivity index (χ1n) is 10.9. The predicted molar refractivity (Wildman–Crippen MR) is 135 cm³/mol. The van der Waals surface area contributed by atoms with E-state index >= 15 is 0 Å². The van der Waals surface area contributed by atoms with Gasteiger partial charge in [0.05, 0.1) is 6.54 Å². The summed E-state index contributed by atoms with van der Waals surface area (Å²) in [6, 6.07) is 7.79. The van der Waals surface area contributed by atoms with Gasteiger partial charge in [0.2, 0.25) is 5.91 Å². The van der Waals surface area contributed by atoms with Gasteiger partial charge in [-0.15, -0.1) is 24.0 Å². The lowest BCUT2D eigenvalue weighted by Gasteiger charge is -2.36. The molecular formula is C22H35ClIN5O. The van der Waals surface area contributed by atoms with E-state index in [1.54, 1.807) is 0 Å². The number of rotatable bonds is 7. The summed E-state index contributed by atoms with van der Waals surface area (Å²) in [5.41, 5.74) is 1.13. The molecule has 0 spiro atoms. The van der Waals surface area contributed by atoms with Gasteiger partial charge in [-0.3, -0.25) is 9.69 Å². The van der Waals surface area contributed by atoms with E-state index in [2.05, 4.69) is 32.3 Å². The molecule has 1 aliphatic carbocycles.